The zero-order chi connectivity index (χ0) is 11.3. The first-order chi connectivity index (χ1) is 7.24. The van der Waals surface area contributed by atoms with Crippen LogP contribution in [0.2, 0.25) is 0 Å². The molecule has 1 rings (SSSR count). The molecular formula is C10H18ClN3O. The van der Waals surface area contributed by atoms with Gasteiger partial charge in [-0.1, -0.05) is 12.1 Å². The molecule has 0 aliphatic rings. The lowest BCUT2D eigenvalue weighted by Crippen LogP contribution is -2.12. The van der Waals surface area contributed by atoms with Crippen molar-refractivity contribution in [3.05, 3.63) is 11.4 Å². The van der Waals surface area contributed by atoms with Crippen molar-refractivity contribution in [2.75, 3.05) is 13.7 Å². The molecule has 0 fully saturated rings. The van der Waals surface area contributed by atoms with E-state index in [1.807, 2.05) is 4.68 Å². The van der Waals surface area contributed by atoms with Crippen molar-refractivity contribution in [2.45, 2.75) is 38.6 Å². The lowest BCUT2D eigenvalue weighted by molar-refractivity contribution is 0.177. The minimum absolute atomic E-state index is 0.310. The predicted octanol–water partition coefficient (Wildman–Crippen LogP) is 2.18. The van der Waals surface area contributed by atoms with Crippen LogP contribution in [0, 0.1) is 0 Å². The number of rotatable bonds is 6. The summed E-state index contributed by atoms with van der Waals surface area (Å²) < 4.78 is 7.01. The molecule has 0 saturated carbocycles. The van der Waals surface area contributed by atoms with Crippen molar-refractivity contribution >= 4 is 11.6 Å². The molecule has 0 aromatic carbocycles. The molecule has 1 aromatic rings. The average molecular weight is 232 g/mol. The first-order valence-corrected chi connectivity index (χ1v) is 5.75. The van der Waals surface area contributed by atoms with E-state index in [0.717, 1.165) is 30.8 Å². The van der Waals surface area contributed by atoms with E-state index in [1.54, 1.807) is 7.11 Å². The van der Waals surface area contributed by atoms with Crippen LogP contribution in [-0.2, 0) is 17.0 Å². The molecule has 0 radical (unpaired) electrons. The first-order valence-electron chi connectivity index (χ1n) is 5.22. The van der Waals surface area contributed by atoms with Gasteiger partial charge < -0.3 is 4.74 Å². The van der Waals surface area contributed by atoms with E-state index in [9.17, 15) is 0 Å². The fourth-order valence-corrected chi connectivity index (χ4v) is 1.79. The second-order valence-electron chi connectivity index (χ2n) is 3.55. The number of alkyl halides is 1. The van der Waals surface area contributed by atoms with E-state index in [1.165, 1.54) is 0 Å². The van der Waals surface area contributed by atoms with Gasteiger partial charge in [0.2, 0.25) is 0 Å². The number of ether oxygens (including phenoxy) is 1. The van der Waals surface area contributed by atoms with E-state index in [2.05, 4.69) is 24.2 Å². The van der Waals surface area contributed by atoms with Gasteiger partial charge in [0.25, 0.3) is 0 Å². The zero-order valence-corrected chi connectivity index (χ0v) is 10.3. The summed E-state index contributed by atoms with van der Waals surface area (Å²) in [6.45, 7) is 4.94. The summed E-state index contributed by atoms with van der Waals surface area (Å²) >= 11 is 5.79. The van der Waals surface area contributed by atoms with E-state index in [-0.39, 0.29) is 0 Å². The fraction of sp³-hybridized carbons (Fsp3) is 0.800. The summed E-state index contributed by atoms with van der Waals surface area (Å²) in [6, 6.07) is 0.310. The van der Waals surface area contributed by atoms with Gasteiger partial charge in [-0.25, -0.2) is 4.68 Å². The third kappa shape index (κ3) is 2.92. The summed E-state index contributed by atoms with van der Waals surface area (Å²) in [5.74, 6) is 0.431. The molecule has 0 amide bonds. The number of methoxy groups -OCH3 is 1. The van der Waals surface area contributed by atoms with E-state index in [4.69, 9.17) is 16.3 Å². The molecule has 1 unspecified atom stereocenters. The van der Waals surface area contributed by atoms with Crippen molar-refractivity contribution in [1.29, 1.82) is 0 Å². The maximum Gasteiger partial charge on any atom is 0.101 e. The van der Waals surface area contributed by atoms with Gasteiger partial charge in [0, 0.05) is 13.7 Å². The molecule has 0 aliphatic carbocycles. The average Bonchev–Trinajstić information content (AvgIpc) is 2.68. The molecule has 0 aliphatic heterocycles. The molecule has 4 nitrogen and oxygen atoms in total. The van der Waals surface area contributed by atoms with Crippen molar-refractivity contribution in [2.24, 2.45) is 0 Å². The quantitative estimate of drug-likeness (QED) is 0.705. The van der Waals surface area contributed by atoms with Crippen LogP contribution in [0.4, 0.5) is 0 Å². The minimum atomic E-state index is 0.310. The summed E-state index contributed by atoms with van der Waals surface area (Å²) in [5, 5.41) is 8.21. The highest BCUT2D eigenvalue weighted by molar-refractivity contribution is 6.16. The fourth-order valence-electron chi connectivity index (χ4n) is 1.58. The normalized spacial score (nSPS) is 13.1. The van der Waals surface area contributed by atoms with E-state index >= 15 is 0 Å². The van der Waals surface area contributed by atoms with Gasteiger partial charge >= 0.3 is 0 Å². The maximum absolute atomic E-state index is 5.79. The Morgan fingerprint density at radius 2 is 2.27 bits per heavy atom. The molecule has 15 heavy (non-hydrogen) atoms. The highest BCUT2D eigenvalue weighted by Crippen LogP contribution is 2.16. The lowest BCUT2D eigenvalue weighted by Gasteiger charge is -2.13. The second-order valence-corrected chi connectivity index (χ2v) is 3.81. The van der Waals surface area contributed by atoms with E-state index < -0.39 is 0 Å². The third-order valence-corrected chi connectivity index (χ3v) is 2.74. The third-order valence-electron chi connectivity index (χ3n) is 2.49. The maximum atomic E-state index is 5.79. The van der Waals surface area contributed by atoms with Crippen LogP contribution in [0.25, 0.3) is 0 Å². The molecule has 1 aromatic heterocycles. The van der Waals surface area contributed by atoms with E-state index in [0.29, 0.717) is 11.9 Å². The van der Waals surface area contributed by atoms with Crippen LogP contribution in [0.1, 0.15) is 37.7 Å². The molecule has 5 heteroatoms. The topological polar surface area (TPSA) is 39.9 Å². The van der Waals surface area contributed by atoms with Gasteiger partial charge in [-0.15, -0.1) is 16.7 Å². The van der Waals surface area contributed by atoms with Crippen molar-refractivity contribution in [3.8, 4) is 0 Å². The Morgan fingerprint density at radius 3 is 2.80 bits per heavy atom. The first kappa shape index (κ1) is 12.5. The van der Waals surface area contributed by atoms with Crippen molar-refractivity contribution in [3.63, 3.8) is 0 Å². The van der Waals surface area contributed by atoms with Crippen LogP contribution in [-0.4, -0.2) is 28.7 Å². The Bertz CT molecular complexity index is 301. The number of hydrogen-bond acceptors (Lipinski definition) is 3. The number of halogens is 1. The Labute approximate surface area is 95.6 Å². The summed E-state index contributed by atoms with van der Waals surface area (Å²) in [6.07, 6.45) is 1.85. The molecule has 0 spiro atoms. The van der Waals surface area contributed by atoms with Gasteiger partial charge in [-0.3, -0.25) is 0 Å². The summed E-state index contributed by atoms with van der Waals surface area (Å²) in [7, 11) is 1.71. The van der Waals surface area contributed by atoms with Gasteiger partial charge in [0.05, 0.1) is 17.6 Å². The van der Waals surface area contributed by atoms with Crippen molar-refractivity contribution < 1.29 is 4.74 Å². The number of nitrogens with zero attached hydrogens (tertiary/aromatic N) is 3. The molecule has 1 heterocycles. The van der Waals surface area contributed by atoms with Gasteiger partial charge in [0.1, 0.15) is 5.69 Å². The molecule has 86 valence electrons. The standard InChI is InChI=1S/C10H18ClN3O/c1-4-10-9(7-11)12-13-14(10)8(2)5-6-15-3/h8H,4-7H2,1-3H3. The van der Waals surface area contributed by atoms with Crippen molar-refractivity contribution in [1.82, 2.24) is 15.0 Å². The highest BCUT2D eigenvalue weighted by atomic mass is 35.5. The number of aromatic nitrogens is 3. The van der Waals surface area contributed by atoms with Crippen LogP contribution >= 0.6 is 11.6 Å². The Kier molecular flexibility index (Phi) is 5.05. The van der Waals surface area contributed by atoms with Crippen LogP contribution < -0.4 is 0 Å². The molecule has 0 bridgehead atoms. The van der Waals surface area contributed by atoms with Crippen LogP contribution in [0.5, 0.6) is 0 Å². The minimum Gasteiger partial charge on any atom is -0.385 e. The Hall–Kier alpha value is -0.610. The molecular weight excluding hydrogens is 214 g/mol. The highest BCUT2D eigenvalue weighted by Gasteiger charge is 2.14. The predicted molar refractivity (Wildman–Crippen MR) is 60.2 cm³/mol. The lowest BCUT2D eigenvalue weighted by atomic mass is 10.2. The van der Waals surface area contributed by atoms with Gasteiger partial charge in [-0.05, 0) is 19.8 Å². The largest absolute Gasteiger partial charge is 0.385 e. The SMILES string of the molecule is CCc1c(CCl)nnn1C(C)CCOC. The van der Waals surface area contributed by atoms with Crippen LogP contribution in [0.3, 0.4) is 0 Å². The molecule has 0 N–H and O–H groups in total. The van der Waals surface area contributed by atoms with Gasteiger partial charge in [0.15, 0.2) is 0 Å². The smallest absolute Gasteiger partial charge is 0.101 e. The Balaban J connectivity index is 2.78. The monoisotopic (exact) mass is 231 g/mol. The zero-order valence-electron chi connectivity index (χ0n) is 9.53. The molecule has 1 atom stereocenters. The Morgan fingerprint density at radius 1 is 1.53 bits per heavy atom. The summed E-state index contributed by atoms with van der Waals surface area (Å²) in [4.78, 5) is 0. The molecule has 0 saturated heterocycles. The second kappa shape index (κ2) is 6.08. The van der Waals surface area contributed by atoms with Crippen LogP contribution in [0.15, 0.2) is 0 Å². The number of hydrogen-bond donors (Lipinski definition) is 0. The van der Waals surface area contributed by atoms with Gasteiger partial charge in [-0.2, -0.15) is 0 Å². The summed E-state index contributed by atoms with van der Waals surface area (Å²) in [5.41, 5.74) is 2.03.